The van der Waals surface area contributed by atoms with Gasteiger partial charge in [0, 0.05) is 24.5 Å². The summed E-state index contributed by atoms with van der Waals surface area (Å²) in [5.74, 6) is 1.24. The third kappa shape index (κ3) is 2.13. The van der Waals surface area contributed by atoms with Gasteiger partial charge in [-0.15, -0.1) is 11.3 Å². The molecule has 3 aromatic heterocycles. The Morgan fingerprint density at radius 3 is 3.14 bits per heavy atom. The molecule has 22 heavy (non-hydrogen) atoms. The molecule has 0 unspecified atom stereocenters. The van der Waals surface area contributed by atoms with E-state index < -0.39 is 6.10 Å². The SMILES string of the molecule is C[C@@H](O)CNc1nc2nnnn2c2sc3c(c12)CCN(C)C3. The van der Waals surface area contributed by atoms with Gasteiger partial charge in [-0.2, -0.15) is 9.50 Å². The van der Waals surface area contributed by atoms with Crippen LogP contribution in [0.1, 0.15) is 17.4 Å². The second-order valence-electron chi connectivity index (χ2n) is 5.75. The van der Waals surface area contributed by atoms with Gasteiger partial charge >= 0.3 is 0 Å². The first-order valence-corrected chi connectivity index (χ1v) is 8.08. The van der Waals surface area contributed by atoms with Crippen LogP contribution in [0.25, 0.3) is 16.0 Å². The van der Waals surface area contributed by atoms with Gasteiger partial charge in [-0.3, -0.25) is 0 Å². The number of rotatable bonds is 3. The zero-order chi connectivity index (χ0) is 15.3. The lowest BCUT2D eigenvalue weighted by Gasteiger charge is -2.22. The minimum Gasteiger partial charge on any atom is -0.392 e. The molecule has 8 nitrogen and oxygen atoms in total. The summed E-state index contributed by atoms with van der Waals surface area (Å²) in [6.45, 7) is 4.17. The highest BCUT2D eigenvalue weighted by Gasteiger charge is 2.24. The maximum atomic E-state index is 9.54. The van der Waals surface area contributed by atoms with Crippen LogP contribution in [0.2, 0.25) is 0 Å². The Morgan fingerprint density at radius 2 is 2.32 bits per heavy atom. The fourth-order valence-electron chi connectivity index (χ4n) is 2.82. The Balaban J connectivity index is 1.95. The van der Waals surface area contributed by atoms with Gasteiger partial charge in [0.05, 0.1) is 11.5 Å². The number of nitrogens with one attached hydrogen (secondary N) is 1. The van der Waals surface area contributed by atoms with E-state index >= 15 is 0 Å². The van der Waals surface area contributed by atoms with E-state index in [1.807, 2.05) is 0 Å². The van der Waals surface area contributed by atoms with Gasteiger partial charge in [0.25, 0.3) is 5.78 Å². The summed E-state index contributed by atoms with van der Waals surface area (Å²) in [5, 5.41) is 25.6. The number of hydrogen-bond donors (Lipinski definition) is 2. The number of aliphatic hydroxyl groups is 1. The van der Waals surface area contributed by atoms with Crippen molar-refractivity contribution in [2.75, 3.05) is 25.5 Å². The summed E-state index contributed by atoms with van der Waals surface area (Å²) in [6, 6.07) is 0. The van der Waals surface area contributed by atoms with Crippen LogP contribution in [-0.4, -0.2) is 61.3 Å². The highest BCUT2D eigenvalue weighted by molar-refractivity contribution is 7.19. The molecule has 3 aromatic rings. The van der Waals surface area contributed by atoms with Crippen molar-refractivity contribution in [3.63, 3.8) is 0 Å². The Hall–Kier alpha value is -1.84. The van der Waals surface area contributed by atoms with Gasteiger partial charge in [0.2, 0.25) is 0 Å². The quantitative estimate of drug-likeness (QED) is 0.727. The Kier molecular flexibility index (Phi) is 3.21. The highest BCUT2D eigenvalue weighted by Crippen LogP contribution is 2.38. The minimum absolute atomic E-state index is 0.440. The predicted octanol–water partition coefficient (Wildman–Crippen LogP) is 0.515. The topological polar surface area (TPSA) is 91.5 Å². The molecule has 0 aromatic carbocycles. The third-order valence-electron chi connectivity index (χ3n) is 3.89. The zero-order valence-electron chi connectivity index (χ0n) is 12.4. The van der Waals surface area contributed by atoms with Gasteiger partial charge in [0.1, 0.15) is 10.6 Å². The van der Waals surface area contributed by atoms with Crippen LogP contribution in [0.3, 0.4) is 0 Å². The van der Waals surface area contributed by atoms with Crippen molar-refractivity contribution >= 4 is 33.1 Å². The number of hydrogen-bond acceptors (Lipinski definition) is 8. The minimum atomic E-state index is -0.440. The highest BCUT2D eigenvalue weighted by atomic mass is 32.1. The lowest BCUT2D eigenvalue weighted by molar-refractivity contribution is 0.208. The molecule has 0 bridgehead atoms. The number of aromatic nitrogens is 5. The summed E-state index contributed by atoms with van der Waals surface area (Å²) in [6.07, 6.45) is 0.550. The van der Waals surface area contributed by atoms with Gasteiger partial charge < -0.3 is 15.3 Å². The molecular formula is C13H17N7OS. The van der Waals surface area contributed by atoms with E-state index in [1.54, 1.807) is 22.8 Å². The van der Waals surface area contributed by atoms with Crippen LogP contribution in [0, 0.1) is 0 Å². The fourth-order valence-corrected chi connectivity index (χ4v) is 4.19. The van der Waals surface area contributed by atoms with Gasteiger partial charge in [-0.05, 0) is 36.4 Å². The van der Waals surface area contributed by atoms with Crippen molar-refractivity contribution in [2.45, 2.75) is 26.0 Å². The zero-order valence-corrected chi connectivity index (χ0v) is 13.3. The van der Waals surface area contributed by atoms with Crippen molar-refractivity contribution < 1.29 is 5.11 Å². The van der Waals surface area contributed by atoms with E-state index in [9.17, 15) is 5.11 Å². The number of aliphatic hydroxyl groups excluding tert-OH is 1. The smallest absolute Gasteiger partial charge is 0.276 e. The molecule has 4 rings (SSSR count). The monoisotopic (exact) mass is 319 g/mol. The Bertz CT molecular complexity index is 840. The predicted molar refractivity (Wildman–Crippen MR) is 84.2 cm³/mol. The normalized spacial score (nSPS) is 17.0. The molecule has 0 saturated carbocycles. The summed E-state index contributed by atoms with van der Waals surface area (Å²) >= 11 is 1.72. The molecule has 0 amide bonds. The molecule has 1 aliphatic rings. The molecule has 4 heterocycles. The molecule has 0 saturated heterocycles. The summed E-state index contributed by atoms with van der Waals surface area (Å²) in [7, 11) is 2.13. The molecule has 0 fully saturated rings. The van der Waals surface area contributed by atoms with E-state index in [-0.39, 0.29) is 0 Å². The molecule has 0 spiro atoms. The summed E-state index contributed by atoms with van der Waals surface area (Å²) in [4.78, 5) is 9.20. The van der Waals surface area contributed by atoms with Crippen LogP contribution in [0.5, 0.6) is 0 Å². The van der Waals surface area contributed by atoms with Crippen molar-refractivity contribution in [1.82, 2.24) is 29.9 Å². The number of anilines is 1. The second-order valence-corrected chi connectivity index (χ2v) is 6.84. The van der Waals surface area contributed by atoms with E-state index in [1.165, 1.54) is 10.4 Å². The number of likely N-dealkylation sites (N-methyl/N-ethyl adjacent to an activating group) is 1. The first-order valence-electron chi connectivity index (χ1n) is 7.26. The Labute approximate surface area is 130 Å². The average molecular weight is 319 g/mol. The number of tetrazole rings is 1. The maximum Gasteiger partial charge on any atom is 0.276 e. The first-order chi connectivity index (χ1) is 10.6. The van der Waals surface area contributed by atoms with Crippen LogP contribution in [-0.2, 0) is 13.0 Å². The molecule has 0 aliphatic carbocycles. The number of thiophene rings is 1. The van der Waals surface area contributed by atoms with E-state index in [0.29, 0.717) is 12.3 Å². The molecule has 1 atom stereocenters. The molecule has 0 radical (unpaired) electrons. The van der Waals surface area contributed by atoms with Crippen LogP contribution >= 0.6 is 11.3 Å². The molecule has 9 heteroatoms. The van der Waals surface area contributed by atoms with Gasteiger partial charge in [-0.1, -0.05) is 5.10 Å². The fraction of sp³-hybridized carbons (Fsp3) is 0.538. The van der Waals surface area contributed by atoms with Gasteiger partial charge in [-0.25, -0.2) is 0 Å². The third-order valence-corrected chi connectivity index (χ3v) is 5.08. The standard InChI is InChI=1S/C13H17N7OS/c1-7(21)5-14-11-10-8-3-4-19(2)6-9(8)22-12(10)20-13(15-11)16-17-18-20/h7,21H,3-6H2,1-2H3,(H,14,15,16,18)/t7-/m1/s1. The van der Waals surface area contributed by atoms with E-state index in [0.717, 1.165) is 35.5 Å². The maximum absolute atomic E-state index is 9.54. The lowest BCUT2D eigenvalue weighted by Crippen LogP contribution is -2.25. The Morgan fingerprint density at radius 1 is 1.45 bits per heavy atom. The molecule has 1 aliphatic heterocycles. The summed E-state index contributed by atoms with van der Waals surface area (Å²) in [5.41, 5.74) is 1.33. The van der Waals surface area contributed by atoms with Crippen LogP contribution in [0.4, 0.5) is 5.82 Å². The first kappa shape index (κ1) is 13.8. The number of fused-ring (bicyclic) bond motifs is 5. The number of nitrogens with zero attached hydrogens (tertiary/aromatic N) is 6. The molecular weight excluding hydrogens is 302 g/mol. The van der Waals surface area contributed by atoms with Crippen LogP contribution in [0.15, 0.2) is 0 Å². The van der Waals surface area contributed by atoms with Crippen LogP contribution < -0.4 is 5.32 Å². The average Bonchev–Trinajstić information content (AvgIpc) is 3.07. The second kappa shape index (κ2) is 5.11. The molecule has 116 valence electrons. The van der Waals surface area contributed by atoms with Crippen molar-refractivity contribution in [3.8, 4) is 0 Å². The van der Waals surface area contributed by atoms with Crippen molar-refractivity contribution in [3.05, 3.63) is 10.4 Å². The largest absolute Gasteiger partial charge is 0.392 e. The van der Waals surface area contributed by atoms with Crippen molar-refractivity contribution in [1.29, 1.82) is 0 Å². The van der Waals surface area contributed by atoms with E-state index in [2.05, 4.69) is 37.8 Å². The molecule has 2 N–H and O–H groups in total. The van der Waals surface area contributed by atoms with Crippen molar-refractivity contribution in [2.24, 2.45) is 0 Å². The lowest BCUT2D eigenvalue weighted by atomic mass is 10.1. The van der Waals surface area contributed by atoms with Gasteiger partial charge in [0.15, 0.2) is 0 Å². The van der Waals surface area contributed by atoms with E-state index in [4.69, 9.17) is 0 Å². The summed E-state index contributed by atoms with van der Waals surface area (Å²) < 4.78 is 1.70.